The van der Waals surface area contributed by atoms with E-state index in [9.17, 15) is 14.4 Å². The minimum Gasteiger partial charge on any atom is -0.300 e. The third-order valence-electron chi connectivity index (χ3n) is 2.92. The molecule has 1 aromatic heterocycles. The van der Waals surface area contributed by atoms with E-state index in [1.54, 1.807) is 0 Å². The van der Waals surface area contributed by atoms with Crippen LogP contribution in [0.5, 0.6) is 0 Å². The fourth-order valence-electron chi connectivity index (χ4n) is 1.84. The van der Waals surface area contributed by atoms with Crippen LogP contribution in [-0.4, -0.2) is 15.8 Å². The molecule has 0 spiro atoms. The average molecular weight is 252 g/mol. The second kappa shape index (κ2) is 7.63. The van der Waals surface area contributed by atoms with Crippen LogP contribution in [0.2, 0.25) is 0 Å². The van der Waals surface area contributed by atoms with Crippen LogP contribution >= 0.6 is 0 Å². The highest BCUT2D eigenvalue weighted by molar-refractivity contribution is 5.73. The van der Waals surface area contributed by atoms with Crippen LogP contribution in [0.1, 0.15) is 55.8 Å². The zero-order chi connectivity index (χ0) is 13.4. The molecule has 18 heavy (non-hydrogen) atoms. The zero-order valence-corrected chi connectivity index (χ0v) is 10.8. The molecule has 1 aromatic rings. The Morgan fingerprint density at radius 2 is 1.83 bits per heavy atom. The molecule has 0 saturated carbocycles. The molecule has 0 unspecified atom stereocenters. The summed E-state index contributed by atoms with van der Waals surface area (Å²) in [6.45, 7) is 2.71. The number of nitrogens with zero attached hydrogens (tertiary/aromatic N) is 1. The number of aldehydes is 1. The van der Waals surface area contributed by atoms with Crippen molar-refractivity contribution >= 4 is 6.29 Å². The van der Waals surface area contributed by atoms with E-state index in [1.165, 1.54) is 30.0 Å². The maximum absolute atomic E-state index is 11.5. The van der Waals surface area contributed by atoms with Gasteiger partial charge in [0, 0.05) is 12.7 Å². The Hall–Kier alpha value is -1.65. The number of aromatic nitrogens is 2. The van der Waals surface area contributed by atoms with E-state index in [0.717, 1.165) is 19.3 Å². The summed E-state index contributed by atoms with van der Waals surface area (Å²) < 4.78 is 1.39. The van der Waals surface area contributed by atoms with E-state index in [4.69, 9.17) is 0 Å². The van der Waals surface area contributed by atoms with Gasteiger partial charge >= 0.3 is 5.69 Å². The Morgan fingerprint density at radius 1 is 1.17 bits per heavy atom. The Balaban J connectivity index is 2.50. The average Bonchev–Trinajstić information content (AvgIpc) is 2.36. The van der Waals surface area contributed by atoms with E-state index in [1.807, 2.05) is 0 Å². The Bertz CT molecular complexity index is 488. The Morgan fingerprint density at radius 3 is 2.50 bits per heavy atom. The maximum Gasteiger partial charge on any atom is 0.328 e. The van der Waals surface area contributed by atoms with Crippen molar-refractivity contribution in [1.82, 2.24) is 9.55 Å². The number of carbonyl (C=O) groups excluding carboxylic acids is 1. The standard InChI is InChI=1S/C13H20N2O3/c1-2-3-4-5-6-7-8-15-9-11(10-16)12(17)14-13(15)18/h9-10H,2-8H2,1H3,(H,14,17,18). The van der Waals surface area contributed by atoms with Gasteiger partial charge in [0.2, 0.25) is 0 Å². The minimum atomic E-state index is -0.616. The third-order valence-corrected chi connectivity index (χ3v) is 2.92. The van der Waals surface area contributed by atoms with Gasteiger partial charge < -0.3 is 0 Å². The number of aromatic amines is 1. The number of rotatable bonds is 8. The molecular weight excluding hydrogens is 232 g/mol. The van der Waals surface area contributed by atoms with Gasteiger partial charge in [0.15, 0.2) is 6.29 Å². The summed E-state index contributed by atoms with van der Waals surface area (Å²) in [7, 11) is 0. The van der Waals surface area contributed by atoms with E-state index < -0.39 is 11.2 Å². The molecule has 0 aliphatic heterocycles. The zero-order valence-electron chi connectivity index (χ0n) is 10.8. The maximum atomic E-state index is 11.5. The first-order chi connectivity index (χ1) is 8.69. The summed E-state index contributed by atoms with van der Waals surface area (Å²) in [5, 5.41) is 0. The summed E-state index contributed by atoms with van der Waals surface area (Å²) in [6, 6.07) is 0. The normalized spacial score (nSPS) is 10.5. The molecule has 0 atom stereocenters. The summed E-state index contributed by atoms with van der Waals surface area (Å²) in [6.07, 6.45) is 8.57. The van der Waals surface area contributed by atoms with Crippen LogP contribution in [-0.2, 0) is 6.54 Å². The highest BCUT2D eigenvalue weighted by Gasteiger charge is 2.03. The van der Waals surface area contributed by atoms with Crippen molar-refractivity contribution in [2.24, 2.45) is 0 Å². The monoisotopic (exact) mass is 252 g/mol. The summed E-state index contributed by atoms with van der Waals surface area (Å²) in [5.74, 6) is 0. The first-order valence-corrected chi connectivity index (χ1v) is 6.48. The van der Waals surface area contributed by atoms with Gasteiger partial charge in [0.1, 0.15) is 0 Å². The molecule has 5 nitrogen and oxygen atoms in total. The van der Waals surface area contributed by atoms with Crippen molar-refractivity contribution in [2.45, 2.75) is 52.0 Å². The fourth-order valence-corrected chi connectivity index (χ4v) is 1.84. The SMILES string of the molecule is CCCCCCCCn1cc(C=O)c(=O)[nH]c1=O. The number of hydrogen-bond acceptors (Lipinski definition) is 3. The molecule has 0 aliphatic carbocycles. The quantitative estimate of drug-likeness (QED) is 0.565. The number of H-pyrrole nitrogens is 1. The summed E-state index contributed by atoms with van der Waals surface area (Å²) >= 11 is 0. The molecule has 1 heterocycles. The van der Waals surface area contributed by atoms with Crippen LogP contribution in [0.15, 0.2) is 15.8 Å². The molecule has 0 saturated heterocycles. The van der Waals surface area contributed by atoms with Gasteiger partial charge in [-0.25, -0.2) is 4.79 Å². The lowest BCUT2D eigenvalue weighted by Crippen LogP contribution is -2.31. The van der Waals surface area contributed by atoms with Crippen LogP contribution < -0.4 is 11.2 Å². The van der Waals surface area contributed by atoms with Crippen LogP contribution in [0.25, 0.3) is 0 Å². The second-order valence-corrected chi connectivity index (χ2v) is 4.42. The Kier molecular flexibility index (Phi) is 6.11. The van der Waals surface area contributed by atoms with Crippen molar-refractivity contribution < 1.29 is 4.79 Å². The lowest BCUT2D eigenvalue weighted by molar-refractivity contribution is 0.112. The number of hydrogen-bond donors (Lipinski definition) is 1. The predicted octanol–water partition coefficient (Wildman–Crippen LogP) is 1.71. The van der Waals surface area contributed by atoms with Crippen molar-refractivity contribution in [3.63, 3.8) is 0 Å². The molecule has 100 valence electrons. The highest BCUT2D eigenvalue weighted by Crippen LogP contribution is 2.05. The fraction of sp³-hybridized carbons (Fsp3) is 0.615. The van der Waals surface area contributed by atoms with Crippen molar-refractivity contribution in [1.29, 1.82) is 0 Å². The summed E-state index contributed by atoms with van der Waals surface area (Å²) in [4.78, 5) is 35.4. The molecule has 0 fully saturated rings. The van der Waals surface area contributed by atoms with Gasteiger partial charge in [-0.15, -0.1) is 0 Å². The van der Waals surface area contributed by atoms with E-state index in [-0.39, 0.29) is 5.56 Å². The number of carbonyl (C=O) groups is 1. The largest absolute Gasteiger partial charge is 0.328 e. The molecule has 5 heteroatoms. The van der Waals surface area contributed by atoms with Crippen LogP contribution in [0, 0.1) is 0 Å². The first-order valence-electron chi connectivity index (χ1n) is 6.48. The smallest absolute Gasteiger partial charge is 0.300 e. The van der Waals surface area contributed by atoms with Gasteiger partial charge in [0.25, 0.3) is 5.56 Å². The highest BCUT2D eigenvalue weighted by atomic mass is 16.2. The topological polar surface area (TPSA) is 71.9 Å². The van der Waals surface area contributed by atoms with Gasteiger partial charge in [-0.05, 0) is 6.42 Å². The first kappa shape index (κ1) is 14.4. The van der Waals surface area contributed by atoms with E-state index in [2.05, 4.69) is 11.9 Å². The van der Waals surface area contributed by atoms with Gasteiger partial charge in [-0.1, -0.05) is 39.0 Å². The number of aryl methyl sites for hydroxylation is 1. The third kappa shape index (κ3) is 4.31. The molecule has 0 aliphatic rings. The van der Waals surface area contributed by atoms with E-state index in [0.29, 0.717) is 12.8 Å². The van der Waals surface area contributed by atoms with Crippen molar-refractivity contribution in [2.75, 3.05) is 0 Å². The van der Waals surface area contributed by atoms with Gasteiger partial charge in [-0.2, -0.15) is 0 Å². The number of unbranched alkanes of at least 4 members (excludes halogenated alkanes) is 5. The molecule has 0 radical (unpaired) electrons. The second-order valence-electron chi connectivity index (χ2n) is 4.42. The predicted molar refractivity (Wildman–Crippen MR) is 70.1 cm³/mol. The van der Waals surface area contributed by atoms with Gasteiger partial charge in [0.05, 0.1) is 5.56 Å². The molecular formula is C13H20N2O3. The molecule has 1 rings (SSSR count). The molecule has 0 aromatic carbocycles. The number of nitrogens with one attached hydrogen (secondary N) is 1. The summed E-state index contributed by atoms with van der Waals surface area (Å²) in [5.41, 5.74) is -1.06. The minimum absolute atomic E-state index is 0.000540. The van der Waals surface area contributed by atoms with Crippen LogP contribution in [0.4, 0.5) is 0 Å². The molecule has 0 bridgehead atoms. The van der Waals surface area contributed by atoms with Gasteiger partial charge in [-0.3, -0.25) is 19.1 Å². The van der Waals surface area contributed by atoms with Crippen molar-refractivity contribution in [3.05, 3.63) is 32.6 Å². The van der Waals surface area contributed by atoms with E-state index >= 15 is 0 Å². The Labute approximate surface area is 106 Å². The lowest BCUT2D eigenvalue weighted by atomic mass is 10.1. The molecule has 0 amide bonds. The lowest BCUT2D eigenvalue weighted by Gasteiger charge is -2.05. The van der Waals surface area contributed by atoms with Crippen LogP contribution in [0.3, 0.4) is 0 Å². The van der Waals surface area contributed by atoms with Crippen molar-refractivity contribution in [3.8, 4) is 0 Å². The molecule has 1 N–H and O–H groups in total.